The predicted octanol–water partition coefficient (Wildman–Crippen LogP) is 1.82. The summed E-state index contributed by atoms with van der Waals surface area (Å²) in [5.41, 5.74) is 1.98. The summed E-state index contributed by atoms with van der Waals surface area (Å²) in [6.45, 7) is 2.64. The summed E-state index contributed by atoms with van der Waals surface area (Å²) >= 11 is 6.77. The van der Waals surface area contributed by atoms with Gasteiger partial charge in [-0.25, -0.2) is 0 Å². The van der Waals surface area contributed by atoms with Gasteiger partial charge in [0.1, 0.15) is 5.75 Å². The van der Waals surface area contributed by atoms with Gasteiger partial charge in [0.05, 0.1) is 43.9 Å². The quantitative estimate of drug-likeness (QED) is 0.129. The fourth-order valence-electron chi connectivity index (χ4n) is 4.50. The number of halogens is 1. The van der Waals surface area contributed by atoms with Gasteiger partial charge in [0.15, 0.2) is 5.12 Å². The summed E-state index contributed by atoms with van der Waals surface area (Å²) in [4.78, 5) is 83.0. The molecule has 48 heavy (non-hydrogen) atoms. The van der Waals surface area contributed by atoms with Gasteiger partial charge >= 0.3 is 5.97 Å². The minimum atomic E-state index is -1.03. The molecular weight excluding hydrogens is 666 g/mol. The molecule has 0 atom stereocenters. The van der Waals surface area contributed by atoms with Gasteiger partial charge in [-0.2, -0.15) is 0 Å². The maximum Gasteiger partial charge on any atom is 0.307 e. The molecule has 0 saturated heterocycles. The van der Waals surface area contributed by atoms with Crippen molar-refractivity contribution in [2.75, 3.05) is 38.5 Å². The summed E-state index contributed by atoms with van der Waals surface area (Å²) in [5.74, 6) is -3.05. The van der Waals surface area contributed by atoms with Crippen molar-refractivity contribution < 1.29 is 43.4 Å². The number of hydrogen-bond donors (Lipinski definition) is 5. The number of nitrogens with one attached hydrogen (secondary N) is 4. The van der Waals surface area contributed by atoms with Crippen molar-refractivity contribution in [2.24, 2.45) is 0 Å². The van der Waals surface area contributed by atoms with Crippen LogP contribution in [0.1, 0.15) is 41.4 Å². The van der Waals surface area contributed by atoms with Crippen LogP contribution < -0.4 is 26.0 Å². The lowest BCUT2D eigenvalue weighted by atomic mass is 10.1. The standard InChI is InChI=1S/C32H36ClN5O9S/c1-19-24(14-31(44)45)25-13-23(9-10-26(25)38(19)32(46)21-5-7-22(33)8-6-21)47-12-4-3-11-34-27(40)15-35-28(41)16-36-29(42)17-37-30(43)18-48-20(2)39/h5-10,13H,3-4,11-12,14-18H2,1-2H3,(H,34,40)(H,35,41)(H,36,42)(H,37,43)(H,44,45). The second-order valence-electron chi connectivity index (χ2n) is 10.5. The molecule has 4 amide bonds. The van der Waals surface area contributed by atoms with Crippen LogP contribution in [0, 0.1) is 6.92 Å². The van der Waals surface area contributed by atoms with E-state index >= 15 is 0 Å². The van der Waals surface area contributed by atoms with Crippen LogP contribution in [0.5, 0.6) is 5.75 Å². The fourth-order valence-corrected chi connectivity index (χ4v) is 5.06. The van der Waals surface area contributed by atoms with Crippen molar-refractivity contribution >= 4 is 74.9 Å². The number of carboxylic acids is 1. The molecule has 3 rings (SSSR count). The Morgan fingerprint density at radius 2 is 1.44 bits per heavy atom. The zero-order valence-corrected chi connectivity index (χ0v) is 27.9. The maximum absolute atomic E-state index is 13.4. The third kappa shape index (κ3) is 11.7. The van der Waals surface area contributed by atoms with Crippen molar-refractivity contribution in [3.05, 3.63) is 64.3 Å². The average molecular weight is 702 g/mol. The molecule has 0 radical (unpaired) electrons. The molecule has 0 spiro atoms. The number of aliphatic carboxylic acids is 1. The van der Waals surface area contributed by atoms with Crippen LogP contribution in [-0.2, 0) is 35.2 Å². The number of amides is 4. The van der Waals surface area contributed by atoms with Crippen molar-refractivity contribution in [3.8, 4) is 5.75 Å². The van der Waals surface area contributed by atoms with E-state index in [1.807, 2.05) is 0 Å². The smallest absolute Gasteiger partial charge is 0.307 e. The van der Waals surface area contributed by atoms with Crippen molar-refractivity contribution in [1.82, 2.24) is 25.8 Å². The molecule has 0 saturated carbocycles. The second-order valence-corrected chi connectivity index (χ2v) is 12.1. The number of carboxylic acid groups (broad SMARTS) is 1. The molecule has 5 N–H and O–H groups in total. The number of fused-ring (bicyclic) bond motifs is 1. The molecule has 3 aromatic rings. The minimum absolute atomic E-state index is 0.107. The van der Waals surface area contributed by atoms with Gasteiger partial charge in [-0.1, -0.05) is 23.4 Å². The van der Waals surface area contributed by atoms with Gasteiger partial charge in [-0.15, -0.1) is 0 Å². The van der Waals surface area contributed by atoms with Gasteiger partial charge in [0.25, 0.3) is 5.91 Å². The number of ether oxygens (including phenoxy) is 1. The lowest BCUT2D eigenvalue weighted by molar-refractivity contribution is -0.136. The Hall–Kier alpha value is -4.89. The predicted molar refractivity (Wildman–Crippen MR) is 179 cm³/mol. The topological polar surface area (TPSA) is 202 Å². The highest BCUT2D eigenvalue weighted by Crippen LogP contribution is 2.31. The van der Waals surface area contributed by atoms with Gasteiger partial charge in [0.2, 0.25) is 23.6 Å². The molecule has 1 heterocycles. The van der Waals surface area contributed by atoms with Gasteiger partial charge in [-0.05, 0) is 67.8 Å². The summed E-state index contributed by atoms with van der Waals surface area (Å²) in [5, 5.41) is 20.1. The highest BCUT2D eigenvalue weighted by molar-refractivity contribution is 8.14. The van der Waals surface area contributed by atoms with Crippen molar-refractivity contribution in [2.45, 2.75) is 33.1 Å². The summed E-state index contributed by atoms with van der Waals surface area (Å²) in [6.07, 6.45) is 0.881. The fraction of sp³-hybridized carbons (Fsp3) is 0.344. The molecule has 0 aliphatic carbocycles. The maximum atomic E-state index is 13.4. The zero-order valence-electron chi connectivity index (χ0n) is 26.4. The number of hydrogen-bond acceptors (Lipinski definition) is 9. The van der Waals surface area contributed by atoms with Crippen LogP contribution in [0.3, 0.4) is 0 Å². The van der Waals surface area contributed by atoms with E-state index in [2.05, 4.69) is 21.3 Å². The Morgan fingerprint density at radius 1 is 0.833 bits per heavy atom. The van der Waals surface area contributed by atoms with Crippen LogP contribution in [0.4, 0.5) is 0 Å². The Bertz CT molecular complexity index is 1690. The van der Waals surface area contributed by atoms with Crippen LogP contribution in [-0.4, -0.2) is 88.8 Å². The van der Waals surface area contributed by atoms with Crippen LogP contribution in [0.25, 0.3) is 10.9 Å². The molecule has 256 valence electrons. The minimum Gasteiger partial charge on any atom is -0.494 e. The third-order valence-corrected chi connectivity index (χ3v) is 7.90. The zero-order chi connectivity index (χ0) is 35.2. The molecule has 0 bridgehead atoms. The van der Waals surface area contributed by atoms with Crippen LogP contribution >= 0.6 is 23.4 Å². The molecule has 0 aliphatic rings. The van der Waals surface area contributed by atoms with Crippen LogP contribution in [0.15, 0.2) is 42.5 Å². The lowest BCUT2D eigenvalue weighted by Gasteiger charge is -2.10. The monoisotopic (exact) mass is 701 g/mol. The van der Waals surface area contributed by atoms with E-state index in [0.29, 0.717) is 64.5 Å². The lowest BCUT2D eigenvalue weighted by Crippen LogP contribution is -2.44. The normalized spacial score (nSPS) is 10.6. The molecule has 16 heteroatoms. The number of unbranched alkanes of at least 4 members (excludes halogenated alkanes) is 1. The molecule has 14 nitrogen and oxygen atoms in total. The molecule has 1 aromatic heterocycles. The Balaban J connectivity index is 1.40. The Labute approximate surface area is 285 Å². The molecule has 0 aliphatic heterocycles. The number of carbonyl (C=O) groups is 7. The summed E-state index contributed by atoms with van der Waals surface area (Å²) < 4.78 is 7.36. The third-order valence-electron chi connectivity index (χ3n) is 6.84. The van der Waals surface area contributed by atoms with E-state index in [1.54, 1.807) is 49.4 Å². The van der Waals surface area contributed by atoms with E-state index in [9.17, 15) is 38.7 Å². The number of thioether (sulfide) groups is 1. The summed E-state index contributed by atoms with van der Waals surface area (Å²) in [6, 6.07) is 11.6. The summed E-state index contributed by atoms with van der Waals surface area (Å²) in [7, 11) is 0. The van der Waals surface area contributed by atoms with Gasteiger partial charge in [0, 0.05) is 35.1 Å². The number of carbonyl (C=O) groups excluding carboxylic acids is 6. The van der Waals surface area contributed by atoms with Crippen LogP contribution in [0.2, 0.25) is 5.02 Å². The van der Waals surface area contributed by atoms with Gasteiger partial charge in [-0.3, -0.25) is 38.1 Å². The van der Waals surface area contributed by atoms with E-state index in [0.717, 1.165) is 11.8 Å². The average Bonchev–Trinajstić information content (AvgIpc) is 3.31. The highest BCUT2D eigenvalue weighted by Gasteiger charge is 2.22. The number of aromatic nitrogens is 1. The number of nitrogens with zero attached hydrogens (tertiary/aromatic N) is 1. The second kappa shape index (κ2) is 18.4. The first-order chi connectivity index (χ1) is 22.8. The highest BCUT2D eigenvalue weighted by atomic mass is 35.5. The number of rotatable bonds is 17. The molecule has 0 unspecified atom stereocenters. The van der Waals surface area contributed by atoms with Crippen molar-refractivity contribution in [3.63, 3.8) is 0 Å². The SMILES string of the molecule is CC(=O)SCC(=O)NCC(=O)NCC(=O)NCC(=O)NCCCCOc1ccc2c(c1)c(CC(=O)O)c(C)n2C(=O)c1ccc(Cl)cc1. The van der Waals surface area contributed by atoms with E-state index in [-0.39, 0.29) is 42.8 Å². The first-order valence-corrected chi connectivity index (χ1v) is 16.2. The molecular formula is C32H36ClN5O9S. The molecule has 0 fully saturated rings. The van der Waals surface area contributed by atoms with E-state index in [1.165, 1.54) is 11.5 Å². The first kappa shape index (κ1) is 37.6. The molecule has 2 aromatic carbocycles. The Morgan fingerprint density at radius 3 is 2.04 bits per heavy atom. The largest absolute Gasteiger partial charge is 0.494 e. The van der Waals surface area contributed by atoms with Crippen molar-refractivity contribution in [1.29, 1.82) is 0 Å². The first-order valence-electron chi connectivity index (χ1n) is 14.8. The van der Waals surface area contributed by atoms with E-state index < -0.39 is 29.6 Å². The van der Waals surface area contributed by atoms with E-state index in [4.69, 9.17) is 16.3 Å². The van der Waals surface area contributed by atoms with Gasteiger partial charge < -0.3 is 31.1 Å². The number of benzene rings is 2. The Kier molecular flexibility index (Phi) is 14.4.